The normalized spacial score (nSPS) is 15.4. The number of aromatic nitrogens is 3. The monoisotopic (exact) mass is 390 g/mol. The first kappa shape index (κ1) is 20.1. The Morgan fingerprint density at radius 2 is 2.18 bits per heavy atom. The fourth-order valence-electron chi connectivity index (χ4n) is 3.17. The molecule has 0 aliphatic carbocycles. The Bertz CT molecular complexity index is 826. The predicted octanol–water partition coefficient (Wildman–Crippen LogP) is 1.68. The maximum absolute atomic E-state index is 12.7. The molecule has 0 spiro atoms. The molecule has 152 valence electrons. The van der Waals surface area contributed by atoms with Crippen molar-refractivity contribution in [3.05, 3.63) is 34.5 Å². The van der Waals surface area contributed by atoms with Crippen LogP contribution in [0.2, 0.25) is 0 Å². The van der Waals surface area contributed by atoms with Gasteiger partial charge in [0.2, 0.25) is 0 Å². The molecule has 0 saturated heterocycles. The molecule has 3 rings (SSSR count). The highest BCUT2D eigenvalue weighted by Gasteiger charge is 2.23. The summed E-state index contributed by atoms with van der Waals surface area (Å²) in [7, 11) is 0. The number of rotatable bonds is 5. The van der Waals surface area contributed by atoms with E-state index >= 15 is 0 Å². The number of amides is 1. The number of fused-ring (bicyclic) bond motifs is 1. The first-order valence-corrected chi connectivity index (χ1v) is 9.65. The summed E-state index contributed by atoms with van der Waals surface area (Å²) >= 11 is 0. The summed E-state index contributed by atoms with van der Waals surface area (Å²) in [5, 5.41) is 11.2. The van der Waals surface area contributed by atoms with Crippen LogP contribution in [0.4, 0.5) is 0 Å². The van der Waals surface area contributed by atoms with Crippen LogP contribution in [0, 0.1) is 6.92 Å². The minimum absolute atomic E-state index is 0.102. The van der Waals surface area contributed by atoms with E-state index < -0.39 is 5.97 Å². The third-order valence-electron chi connectivity index (χ3n) is 4.52. The van der Waals surface area contributed by atoms with Crippen LogP contribution in [0.5, 0.6) is 0 Å². The van der Waals surface area contributed by atoms with Crippen molar-refractivity contribution in [2.24, 2.45) is 0 Å². The van der Waals surface area contributed by atoms with Gasteiger partial charge in [-0.1, -0.05) is 12.1 Å². The van der Waals surface area contributed by atoms with Crippen molar-refractivity contribution >= 4 is 11.9 Å². The van der Waals surface area contributed by atoms with Crippen LogP contribution < -0.4 is 5.32 Å². The van der Waals surface area contributed by atoms with Gasteiger partial charge in [0.05, 0.1) is 23.5 Å². The first-order chi connectivity index (χ1) is 13.6. The zero-order valence-corrected chi connectivity index (χ0v) is 16.3. The lowest BCUT2D eigenvalue weighted by Gasteiger charge is -2.10. The molecule has 1 N–H and O–H groups in total. The van der Waals surface area contributed by atoms with E-state index in [9.17, 15) is 9.59 Å². The van der Waals surface area contributed by atoms with Crippen LogP contribution in [0.1, 0.15) is 57.8 Å². The Kier molecular flexibility index (Phi) is 6.80. The van der Waals surface area contributed by atoms with Crippen molar-refractivity contribution in [3.63, 3.8) is 0 Å². The van der Waals surface area contributed by atoms with Gasteiger partial charge < -0.3 is 19.3 Å². The second-order valence-corrected chi connectivity index (χ2v) is 6.63. The number of hydrogen-bond donors (Lipinski definition) is 1. The number of hydrogen-bond acceptors (Lipinski definition) is 7. The first-order valence-electron chi connectivity index (χ1n) is 9.65. The SMILES string of the molecule is CCc1nn(CCOC(=O)c2cc(C)on2)c2c1C(=O)NCCCOCCC2. The van der Waals surface area contributed by atoms with Gasteiger partial charge in [0.1, 0.15) is 12.4 Å². The molecule has 0 aromatic carbocycles. The summed E-state index contributed by atoms with van der Waals surface area (Å²) in [6, 6.07) is 1.53. The minimum Gasteiger partial charge on any atom is -0.459 e. The molecule has 9 nitrogen and oxygen atoms in total. The van der Waals surface area contributed by atoms with Gasteiger partial charge in [-0.2, -0.15) is 5.10 Å². The lowest BCUT2D eigenvalue weighted by Crippen LogP contribution is -2.26. The number of aryl methyl sites for hydroxylation is 2. The fourth-order valence-corrected chi connectivity index (χ4v) is 3.17. The second-order valence-electron chi connectivity index (χ2n) is 6.63. The van der Waals surface area contributed by atoms with E-state index in [2.05, 4.69) is 15.6 Å². The summed E-state index contributed by atoms with van der Waals surface area (Å²) in [5.41, 5.74) is 2.39. The molecule has 0 atom stereocenters. The van der Waals surface area contributed by atoms with E-state index in [0.29, 0.717) is 50.5 Å². The van der Waals surface area contributed by atoms with Crippen LogP contribution >= 0.6 is 0 Å². The van der Waals surface area contributed by atoms with Crippen LogP contribution in [0.25, 0.3) is 0 Å². The quantitative estimate of drug-likeness (QED) is 0.774. The molecule has 1 aliphatic rings. The molecule has 1 amide bonds. The molecule has 0 radical (unpaired) electrons. The maximum atomic E-state index is 12.7. The molecule has 9 heteroatoms. The van der Waals surface area contributed by atoms with Crippen molar-refractivity contribution in [2.75, 3.05) is 26.4 Å². The average molecular weight is 390 g/mol. The Labute approximate surface area is 163 Å². The highest BCUT2D eigenvalue weighted by molar-refractivity contribution is 5.96. The number of esters is 1. The summed E-state index contributed by atoms with van der Waals surface area (Å²) in [6.45, 7) is 6.02. The average Bonchev–Trinajstić information content (AvgIpc) is 3.26. The Morgan fingerprint density at radius 1 is 1.36 bits per heavy atom. The zero-order chi connectivity index (χ0) is 19.9. The van der Waals surface area contributed by atoms with Gasteiger partial charge in [0.25, 0.3) is 5.91 Å². The molecule has 1 aliphatic heterocycles. The van der Waals surface area contributed by atoms with Crippen molar-refractivity contribution in [1.29, 1.82) is 0 Å². The van der Waals surface area contributed by atoms with Crippen LogP contribution in [0.15, 0.2) is 10.6 Å². The number of carbonyl (C=O) groups excluding carboxylic acids is 2. The lowest BCUT2D eigenvalue weighted by atomic mass is 10.1. The van der Waals surface area contributed by atoms with Crippen molar-refractivity contribution in [1.82, 2.24) is 20.3 Å². The molecule has 28 heavy (non-hydrogen) atoms. The standard InChI is InChI=1S/C19H26N4O5/c1-3-14-17-16(6-4-9-26-10-5-7-20-18(17)24)23(21-14)8-11-27-19(25)15-12-13(2)28-22-15/h12H,3-11H2,1-2H3,(H,20,24). The van der Waals surface area contributed by atoms with Crippen LogP contribution in [-0.4, -0.2) is 53.2 Å². The fraction of sp³-hybridized carbons (Fsp3) is 0.579. The smallest absolute Gasteiger partial charge is 0.360 e. The number of ether oxygens (including phenoxy) is 2. The number of nitrogens with one attached hydrogen (secondary N) is 1. The second kappa shape index (κ2) is 9.50. The number of nitrogens with zero attached hydrogens (tertiary/aromatic N) is 3. The molecular formula is C19H26N4O5. The van der Waals surface area contributed by atoms with E-state index in [1.54, 1.807) is 11.6 Å². The minimum atomic E-state index is -0.543. The Balaban J connectivity index is 1.73. The number of carbonyl (C=O) groups is 2. The Hall–Kier alpha value is -2.68. The Morgan fingerprint density at radius 3 is 2.93 bits per heavy atom. The van der Waals surface area contributed by atoms with Gasteiger partial charge in [-0.3, -0.25) is 9.48 Å². The highest BCUT2D eigenvalue weighted by atomic mass is 16.5. The summed E-state index contributed by atoms with van der Waals surface area (Å²) < 4.78 is 17.5. The molecule has 2 aromatic heterocycles. The molecule has 0 bridgehead atoms. The van der Waals surface area contributed by atoms with Gasteiger partial charge in [0.15, 0.2) is 5.69 Å². The summed E-state index contributed by atoms with van der Waals surface area (Å²) in [4.78, 5) is 24.7. The van der Waals surface area contributed by atoms with E-state index in [-0.39, 0.29) is 18.2 Å². The van der Waals surface area contributed by atoms with Gasteiger partial charge in [-0.25, -0.2) is 4.79 Å². The van der Waals surface area contributed by atoms with Gasteiger partial charge in [0, 0.05) is 25.8 Å². The summed E-state index contributed by atoms with van der Waals surface area (Å²) in [5.74, 6) is -0.0993. The topological polar surface area (TPSA) is 108 Å². The largest absolute Gasteiger partial charge is 0.459 e. The van der Waals surface area contributed by atoms with E-state index in [1.165, 1.54) is 6.07 Å². The van der Waals surface area contributed by atoms with E-state index in [1.807, 2.05) is 6.92 Å². The lowest BCUT2D eigenvalue weighted by molar-refractivity contribution is 0.0474. The van der Waals surface area contributed by atoms with E-state index in [4.69, 9.17) is 14.0 Å². The van der Waals surface area contributed by atoms with Crippen molar-refractivity contribution in [3.8, 4) is 0 Å². The zero-order valence-electron chi connectivity index (χ0n) is 16.3. The molecule has 3 heterocycles. The van der Waals surface area contributed by atoms with Crippen LogP contribution in [-0.2, 0) is 28.9 Å². The van der Waals surface area contributed by atoms with E-state index in [0.717, 1.165) is 24.2 Å². The van der Waals surface area contributed by atoms with Crippen molar-refractivity contribution in [2.45, 2.75) is 46.1 Å². The van der Waals surface area contributed by atoms with Gasteiger partial charge >= 0.3 is 5.97 Å². The third-order valence-corrected chi connectivity index (χ3v) is 4.52. The van der Waals surface area contributed by atoms with Gasteiger partial charge in [-0.15, -0.1) is 0 Å². The molecule has 0 unspecified atom stereocenters. The molecule has 0 fully saturated rings. The maximum Gasteiger partial charge on any atom is 0.360 e. The molecule has 0 saturated carbocycles. The van der Waals surface area contributed by atoms with Crippen molar-refractivity contribution < 1.29 is 23.6 Å². The summed E-state index contributed by atoms with van der Waals surface area (Å²) in [6.07, 6.45) is 2.91. The molecular weight excluding hydrogens is 364 g/mol. The molecule has 2 aromatic rings. The van der Waals surface area contributed by atoms with Gasteiger partial charge in [-0.05, 0) is 32.6 Å². The van der Waals surface area contributed by atoms with Crippen LogP contribution in [0.3, 0.4) is 0 Å². The predicted molar refractivity (Wildman–Crippen MR) is 99.2 cm³/mol. The highest BCUT2D eigenvalue weighted by Crippen LogP contribution is 2.18. The third kappa shape index (κ3) is 4.78.